The lowest BCUT2D eigenvalue weighted by Crippen LogP contribution is -2.47. The second-order valence-electron chi connectivity index (χ2n) is 3.73. The van der Waals surface area contributed by atoms with Gasteiger partial charge in [0.15, 0.2) is 0 Å². The Labute approximate surface area is 77.9 Å². The minimum atomic E-state index is -0.653. The summed E-state index contributed by atoms with van der Waals surface area (Å²) in [5.41, 5.74) is -0.539. The monoisotopic (exact) mass is 191 g/mol. The zero-order chi connectivity index (χ0) is 7.90. The third kappa shape index (κ3) is 1.31. The first-order chi connectivity index (χ1) is 5.23. The third-order valence-electron chi connectivity index (χ3n) is 2.99. The van der Waals surface area contributed by atoms with Gasteiger partial charge in [-0.05, 0) is 31.7 Å². The number of carboxylic acids is 1. The Balaban J connectivity index is 0.000000720. The van der Waals surface area contributed by atoms with Crippen LogP contribution in [-0.4, -0.2) is 23.2 Å². The summed E-state index contributed by atoms with van der Waals surface area (Å²) in [6.45, 7) is 0.909. The molecular formula is C8H14ClNO2. The lowest BCUT2D eigenvalue weighted by atomic mass is 9.80. The smallest absolute Gasteiger partial charge is 0.323 e. The number of nitrogens with one attached hydrogen (secondary N) is 1. The van der Waals surface area contributed by atoms with Crippen molar-refractivity contribution in [2.24, 2.45) is 5.92 Å². The molecule has 0 spiro atoms. The molecule has 2 fully saturated rings. The highest BCUT2D eigenvalue weighted by Crippen LogP contribution is 2.37. The summed E-state index contributed by atoms with van der Waals surface area (Å²) in [4.78, 5) is 10.9. The number of aliphatic carboxylic acids is 1. The van der Waals surface area contributed by atoms with E-state index in [1.807, 2.05) is 0 Å². The van der Waals surface area contributed by atoms with Gasteiger partial charge in [-0.3, -0.25) is 4.79 Å². The molecule has 2 atom stereocenters. The van der Waals surface area contributed by atoms with E-state index < -0.39 is 11.5 Å². The Kier molecular flexibility index (Phi) is 2.64. The van der Waals surface area contributed by atoms with Crippen molar-refractivity contribution < 1.29 is 9.90 Å². The highest BCUT2D eigenvalue weighted by Gasteiger charge is 2.47. The van der Waals surface area contributed by atoms with Gasteiger partial charge in [0.1, 0.15) is 5.54 Å². The minimum absolute atomic E-state index is 0. The quantitative estimate of drug-likeness (QED) is 0.651. The Morgan fingerprint density at radius 1 is 1.58 bits per heavy atom. The third-order valence-corrected chi connectivity index (χ3v) is 2.99. The van der Waals surface area contributed by atoms with Gasteiger partial charge in [-0.25, -0.2) is 0 Å². The van der Waals surface area contributed by atoms with Crippen molar-refractivity contribution in [3.63, 3.8) is 0 Å². The summed E-state index contributed by atoms with van der Waals surface area (Å²) in [5.74, 6) is -0.0282. The van der Waals surface area contributed by atoms with Crippen LogP contribution in [0.5, 0.6) is 0 Å². The molecule has 0 radical (unpaired) electrons. The lowest BCUT2D eigenvalue weighted by molar-refractivity contribution is -0.145. The summed E-state index contributed by atoms with van der Waals surface area (Å²) in [7, 11) is 0. The van der Waals surface area contributed by atoms with Crippen LogP contribution in [0.3, 0.4) is 0 Å². The molecule has 1 saturated heterocycles. The van der Waals surface area contributed by atoms with Gasteiger partial charge in [-0.15, -0.1) is 12.4 Å². The molecule has 1 heterocycles. The molecule has 12 heavy (non-hydrogen) atoms. The topological polar surface area (TPSA) is 49.3 Å². The van der Waals surface area contributed by atoms with Crippen molar-refractivity contribution >= 4 is 18.4 Å². The largest absolute Gasteiger partial charge is 0.480 e. The van der Waals surface area contributed by atoms with Crippen LogP contribution in [0.2, 0.25) is 0 Å². The molecule has 1 saturated carbocycles. The SMILES string of the molecule is Cl.O=C(O)C12CCCC(CN1)C2. The Morgan fingerprint density at radius 3 is 2.92 bits per heavy atom. The van der Waals surface area contributed by atoms with Gasteiger partial charge >= 0.3 is 5.97 Å². The molecule has 2 rings (SSSR count). The normalized spacial score (nSPS) is 38.8. The first-order valence-electron chi connectivity index (χ1n) is 4.21. The van der Waals surface area contributed by atoms with Gasteiger partial charge in [-0.2, -0.15) is 0 Å². The van der Waals surface area contributed by atoms with Crippen LogP contribution in [0.15, 0.2) is 0 Å². The molecule has 0 aromatic heterocycles. The summed E-state index contributed by atoms with van der Waals surface area (Å²) in [5, 5.41) is 12.1. The highest BCUT2D eigenvalue weighted by atomic mass is 35.5. The predicted octanol–water partition coefficient (Wildman–Crippen LogP) is 1.02. The molecule has 4 heteroatoms. The van der Waals surface area contributed by atoms with Gasteiger partial charge in [0.2, 0.25) is 0 Å². The van der Waals surface area contributed by atoms with E-state index in [-0.39, 0.29) is 12.4 Å². The van der Waals surface area contributed by atoms with E-state index in [2.05, 4.69) is 5.32 Å². The van der Waals surface area contributed by atoms with E-state index in [4.69, 9.17) is 5.11 Å². The van der Waals surface area contributed by atoms with E-state index in [0.717, 1.165) is 25.8 Å². The molecule has 0 aromatic carbocycles. The second-order valence-corrected chi connectivity index (χ2v) is 3.73. The molecule has 3 nitrogen and oxygen atoms in total. The average Bonchev–Trinajstić information content (AvgIpc) is 2.29. The van der Waals surface area contributed by atoms with Gasteiger partial charge in [0.25, 0.3) is 0 Å². The number of hydrogen-bond acceptors (Lipinski definition) is 2. The van der Waals surface area contributed by atoms with Gasteiger partial charge in [-0.1, -0.05) is 6.42 Å². The fourth-order valence-electron chi connectivity index (χ4n) is 2.33. The molecule has 1 aliphatic heterocycles. The van der Waals surface area contributed by atoms with Crippen molar-refractivity contribution in [1.29, 1.82) is 0 Å². The number of rotatable bonds is 1. The molecule has 0 aromatic rings. The molecule has 1 aliphatic carbocycles. The van der Waals surface area contributed by atoms with E-state index in [0.29, 0.717) is 5.92 Å². The molecule has 2 aliphatic rings. The lowest BCUT2D eigenvalue weighted by Gasteiger charge is -2.27. The second kappa shape index (κ2) is 3.23. The predicted molar refractivity (Wildman–Crippen MR) is 47.6 cm³/mol. The molecule has 2 N–H and O–H groups in total. The van der Waals surface area contributed by atoms with E-state index >= 15 is 0 Å². The summed E-state index contributed by atoms with van der Waals surface area (Å²) in [6, 6.07) is 0. The zero-order valence-electron chi connectivity index (χ0n) is 6.88. The van der Waals surface area contributed by atoms with E-state index in [1.54, 1.807) is 0 Å². The maximum Gasteiger partial charge on any atom is 0.323 e. The van der Waals surface area contributed by atoms with Crippen LogP contribution < -0.4 is 5.32 Å². The number of carboxylic acid groups (broad SMARTS) is 1. The molecule has 70 valence electrons. The summed E-state index contributed by atoms with van der Waals surface area (Å²) < 4.78 is 0. The number of halogens is 1. The average molecular weight is 192 g/mol. The standard InChI is InChI=1S/C8H13NO2.ClH/c10-7(11)8-3-1-2-6(4-8)5-9-8;/h6,9H,1-5H2,(H,10,11);1H. The van der Waals surface area contributed by atoms with E-state index in [1.165, 1.54) is 6.42 Å². The fraction of sp³-hybridized carbons (Fsp3) is 0.875. The molecule has 2 bridgehead atoms. The van der Waals surface area contributed by atoms with Crippen LogP contribution in [0, 0.1) is 5.92 Å². The van der Waals surface area contributed by atoms with Crippen molar-refractivity contribution in [2.75, 3.05) is 6.54 Å². The minimum Gasteiger partial charge on any atom is -0.480 e. The van der Waals surface area contributed by atoms with Crippen molar-refractivity contribution in [3.8, 4) is 0 Å². The van der Waals surface area contributed by atoms with E-state index in [9.17, 15) is 4.79 Å². The first-order valence-corrected chi connectivity index (χ1v) is 4.21. The van der Waals surface area contributed by atoms with Gasteiger partial charge in [0.05, 0.1) is 0 Å². The van der Waals surface area contributed by atoms with Crippen LogP contribution >= 0.6 is 12.4 Å². The molecular weight excluding hydrogens is 178 g/mol. The number of carbonyl (C=O) groups is 1. The van der Waals surface area contributed by atoms with Gasteiger partial charge < -0.3 is 10.4 Å². The maximum atomic E-state index is 10.9. The van der Waals surface area contributed by atoms with Crippen LogP contribution in [-0.2, 0) is 4.79 Å². The highest BCUT2D eigenvalue weighted by molar-refractivity contribution is 5.85. The van der Waals surface area contributed by atoms with Gasteiger partial charge in [0, 0.05) is 0 Å². The first kappa shape index (κ1) is 9.81. The Morgan fingerprint density at radius 2 is 2.33 bits per heavy atom. The Bertz CT molecular complexity index is 193. The zero-order valence-corrected chi connectivity index (χ0v) is 7.69. The van der Waals surface area contributed by atoms with Crippen molar-refractivity contribution in [1.82, 2.24) is 5.32 Å². The number of fused-ring (bicyclic) bond motifs is 2. The summed E-state index contributed by atoms with van der Waals surface area (Å²) in [6.07, 6.45) is 3.95. The molecule has 0 amide bonds. The van der Waals surface area contributed by atoms with Crippen LogP contribution in [0.1, 0.15) is 25.7 Å². The number of hydrogen-bond donors (Lipinski definition) is 2. The van der Waals surface area contributed by atoms with Crippen LogP contribution in [0.4, 0.5) is 0 Å². The molecule has 2 unspecified atom stereocenters. The fourth-order valence-corrected chi connectivity index (χ4v) is 2.33. The van der Waals surface area contributed by atoms with Crippen molar-refractivity contribution in [2.45, 2.75) is 31.2 Å². The van der Waals surface area contributed by atoms with Crippen molar-refractivity contribution in [3.05, 3.63) is 0 Å². The maximum absolute atomic E-state index is 10.9. The Hall–Kier alpha value is -0.280. The summed E-state index contributed by atoms with van der Waals surface area (Å²) >= 11 is 0. The van der Waals surface area contributed by atoms with Crippen LogP contribution in [0.25, 0.3) is 0 Å².